The first-order valence-corrected chi connectivity index (χ1v) is 10.7. The molecule has 4 unspecified atom stereocenters. The molecule has 1 saturated heterocycles. The zero-order chi connectivity index (χ0) is 21.5. The predicted octanol–water partition coefficient (Wildman–Crippen LogP) is 4.70. The monoisotopic (exact) mass is 440 g/mol. The maximum atomic E-state index is 13.6. The van der Waals surface area contributed by atoms with Crippen LogP contribution in [0.2, 0.25) is 0 Å². The second-order valence-electron chi connectivity index (χ2n) is 8.27. The summed E-state index contributed by atoms with van der Waals surface area (Å²) in [7, 11) is 0. The second-order valence-corrected chi connectivity index (χ2v) is 9.30. The van der Waals surface area contributed by atoms with Crippen LogP contribution in [0, 0.1) is 17.8 Å². The van der Waals surface area contributed by atoms with Crippen molar-refractivity contribution in [2.24, 2.45) is 17.8 Å². The Labute approximate surface area is 178 Å². The molecule has 1 saturated carbocycles. The van der Waals surface area contributed by atoms with Gasteiger partial charge in [-0.3, -0.25) is 14.9 Å². The number of para-hydroxylation sites is 1. The zero-order valence-corrected chi connectivity index (χ0v) is 16.8. The summed E-state index contributed by atoms with van der Waals surface area (Å²) in [5.41, 5.74) is -0.965. The minimum atomic E-state index is -4.51. The van der Waals surface area contributed by atoms with Crippen molar-refractivity contribution in [3.8, 4) is 11.1 Å². The van der Waals surface area contributed by atoms with E-state index < -0.39 is 23.1 Å². The van der Waals surface area contributed by atoms with Crippen LogP contribution in [0.5, 0.6) is 0 Å². The molecule has 1 aliphatic heterocycles. The number of thiazole rings is 1. The molecule has 3 aliphatic rings. The lowest BCUT2D eigenvalue weighted by Crippen LogP contribution is -2.43. The lowest BCUT2D eigenvalue weighted by molar-refractivity contribution is -0.137. The van der Waals surface area contributed by atoms with E-state index in [0.717, 1.165) is 6.07 Å². The third-order valence-electron chi connectivity index (χ3n) is 6.81. The van der Waals surface area contributed by atoms with E-state index in [0.29, 0.717) is 27.2 Å². The van der Waals surface area contributed by atoms with Crippen molar-refractivity contribution in [1.29, 1.82) is 0 Å². The Hall–Kier alpha value is -3.00. The van der Waals surface area contributed by atoms with Crippen molar-refractivity contribution in [1.82, 2.24) is 10.3 Å². The van der Waals surface area contributed by atoms with Crippen LogP contribution in [-0.2, 0) is 21.2 Å². The highest BCUT2D eigenvalue weighted by Crippen LogP contribution is 2.60. The first-order valence-electron chi connectivity index (χ1n) is 9.92. The number of hydrogen-bond acceptors (Lipinski definition) is 4. The number of halogens is 3. The van der Waals surface area contributed by atoms with E-state index in [1.54, 1.807) is 24.3 Å². The highest BCUT2D eigenvalue weighted by atomic mass is 32.1. The Kier molecular flexibility index (Phi) is 3.65. The van der Waals surface area contributed by atoms with Gasteiger partial charge in [0.25, 0.3) is 0 Å². The number of aromatic nitrogens is 1. The summed E-state index contributed by atoms with van der Waals surface area (Å²) < 4.78 is 41.6. The average Bonchev–Trinajstić information content (AvgIpc) is 3.48. The van der Waals surface area contributed by atoms with Gasteiger partial charge in [-0.2, -0.15) is 13.2 Å². The van der Waals surface area contributed by atoms with E-state index in [1.165, 1.54) is 23.5 Å². The number of rotatable bonds is 2. The van der Waals surface area contributed by atoms with Crippen LogP contribution in [0.3, 0.4) is 0 Å². The van der Waals surface area contributed by atoms with Gasteiger partial charge in [0.15, 0.2) is 0 Å². The van der Waals surface area contributed by atoms with Crippen molar-refractivity contribution in [2.75, 3.05) is 0 Å². The molecule has 3 aromatic rings. The molecule has 2 aromatic carbocycles. The first kappa shape index (κ1) is 18.7. The third kappa shape index (κ3) is 2.34. The van der Waals surface area contributed by atoms with Crippen molar-refractivity contribution in [2.45, 2.75) is 18.0 Å². The highest BCUT2D eigenvalue weighted by Gasteiger charge is 2.69. The number of nitrogens with one attached hydrogen (secondary N) is 1. The molecular formula is C23H15F3N2O2S. The molecule has 2 heterocycles. The number of carbonyl (C=O) groups excluding carboxylic acids is 2. The number of amides is 2. The summed E-state index contributed by atoms with van der Waals surface area (Å²) in [5.74, 6) is -1.31. The summed E-state index contributed by atoms with van der Waals surface area (Å²) in [6, 6.07) is 10.5. The summed E-state index contributed by atoms with van der Waals surface area (Å²) in [6.07, 6.45) is 0.174. The number of hydrogen-bond donors (Lipinski definition) is 1. The summed E-state index contributed by atoms with van der Waals surface area (Å²) in [4.78, 5) is 30.4. The Morgan fingerprint density at radius 1 is 1.03 bits per heavy atom. The zero-order valence-electron chi connectivity index (χ0n) is 15.9. The van der Waals surface area contributed by atoms with Crippen LogP contribution in [0.25, 0.3) is 21.3 Å². The maximum Gasteiger partial charge on any atom is 0.417 e. The van der Waals surface area contributed by atoms with Crippen molar-refractivity contribution in [3.05, 3.63) is 65.2 Å². The lowest BCUT2D eigenvalue weighted by Gasteiger charge is -2.30. The smallest absolute Gasteiger partial charge is 0.295 e. The van der Waals surface area contributed by atoms with Gasteiger partial charge < -0.3 is 0 Å². The first-order chi connectivity index (χ1) is 14.8. The number of fused-ring (bicyclic) bond motifs is 6. The van der Waals surface area contributed by atoms with Gasteiger partial charge in [-0.25, -0.2) is 4.98 Å². The summed E-state index contributed by atoms with van der Waals surface area (Å²) in [5, 5.41) is 2.98. The Bertz CT molecular complexity index is 1310. The normalized spacial score (nSPS) is 29.1. The highest BCUT2D eigenvalue weighted by molar-refractivity contribution is 7.19. The van der Waals surface area contributed by atoms with Gasteiger partial charge in [0.2, 0.25) is 11.8 Å². The quantitative estimate of drug-likeness (QED) is 0.464. The molecule has 2 fully saturated rings. The van der Waals surface area contributed by atoms with Gasteiger partial charge in [0.1, 0.15) is 10.4 Å². The molecule has 4 nitrogen and oxygen atoms in total. The largest absolute Gasteiger partial charge is 0.417 e. The molecular weight excluding hydrogens is 425 g/mol. The molecule has 156 valence electrons. The molecule has 1 N–H and O–H groups in total. The number of benzene rings is 2. The van der Waals surface area contributed by atoms with Crippen LogP contribution in [0.4, 0.5) is 13.2 Å². The van der Waals surface area contributed by atoms with E-state index >= 15 is 0 Å². The summed E-state index contributed by atoms with van der Waals surface area (Å²) in [6.45, 7) is 0. The fraction of sp³-hybridized carbons (Fsp3) is 0.261. The van der Waals surface area contributed by atoms with Gasteiger partial charge >= 0.3 is 6.18 Å². The van der Waals surface area contributed by atoms with E-state index in [-0.39, 0.29) is 29.2 Å². The fourth-order valence-corrected chi connectivity index (χ4v) is 6.87. The molecule has 1 aromatic heterocycles. The van der Waals surface area contributed by atoms with E-state index in [2.05, 4.69) is 5.32 Å². The van der Waals surface area contributed by atoms with Gasteiger partial charge in [0, 0.05) is 5.56 Å². The van der Waals surface area contributed by atoms with Crippen LogP contribution in [0.15, 0.2) is 54.6 Å². The van der Waals surface area contributed by atoms with Crippen LogP contribution in [-0.4, -0.2) is 16.8 Å². The number of nitrogens with zero attached hydrogens (tertiary/aromatic N) is 1. The molecule has 2 aliphatic carbocycles. The molecule has 0 radical (unpaired) electrons. The predicted molar refractivity (Wildman–Crippen MR) is 109 cm³/mol. The van der Waals surface area contributed by atoms with Crippen LogP contribution < -0.4 is 5.32 Å². The number of allylic oxidation sites excluding steroid dienone is 2. The van der Waals surface area contributed by atoms with E-state index in [1.807, 2.05) is 12.2 Å². The standard InChI is InChI=1S/C23H15F3N2O2S/c24-23(25,26)15-6-2-1-4-13(15)14-5-3-7-16-18(14)27-21(31-16)22-12-9-8-11(10-12)17(22)19(29)28-20(22)30/h1-9,11-12,17H,10H2,(H,28,29,30). The Morgan fingerprint density at radius 2 is 1.81 bits per heavy atom. The maximum absolute atomic E-state index is 13.6. The van der Waals surface area contributed by atoms with Gasteiger partial charge in [-0.05, 0) is 36.0 Å². The minimum Gasteiger partial charge on any atom is -0.295 e. The van der Waals surface area contributed by atoms with E-state index in [9.17, 15) is 22.8 Å². The molecule has 0 spiro atoms. The van der Waals surface area contributed by atoms with Crippen molar-refractivity contribution in [3.63, 3.8) is 0 Å². The fourth-order valence-electron chi connectivity index (χ4n) is 5.58. The lowest BCUT2D eigenvalue weighted by atomic mass is 9.70. The van der Waals surface area contributed by atoms with Crippen molar-refractivity contribution < 1.29 is 22.8 Å². The molecule has 2 bridgehead atoms. The number of alkyl halides is 3. The summed E-state index contributed by atoms with van der Waals surface area (Å²) >= 11 is 1.29. The minimum absolute atomic E-state index is 0.0195. The molecule has 2 amide bonds. The Balaban J connectivity index is 1.58. The topological polar surface area (TPSA) is 59.1 Å². The van der Waals surface area contributed by atoms with Gasteiger partial charge in [-0.1, -0.05) is 42.5 Å². The van der Waals surface area contributed by atoms with Crippen molar-refractivity contribution >= 4 is 33.4 Å². The molecule has 4 atom stereocenters. The van der Waals surface area contributed by atoms with Gasteiger partial charge in [-0.15, -0.1) is 11.3 Å². The SMILES string of the molecule is O=C1NC(=O)C2(c3nc4c(-c5ccccc5C(F)(F)F)cccc4s3)C3C=CC(C3)C12. The number of imide groups is 1. The van der Waals surface area contributed by atoms with Crippen LogP contribution >= 0.6 is 11.3 Å². The van der Waals surface area contributed by atoms with Gasteiger partial charge in [0.05, 0.1) is 21.7 Å². The molecule has 31 heavy (non-hydrogen) atoms. The second kappa shape index (κ2) is 6.03. The molecule has 6 rings (SSSR count). The average molecular weight is 440 g/mol. The third-order valence-corrected chi connectivity index (χ3v) is 7.98. The number of carbonyl (C=O) groups is 2. The van der Waals surface area contributed by atoms with E-state index in [4.69, 9.17) is 4.98 Å². The molecule has 8 heteroatoms. The Morgan fingerprint density at radius 3 is 2.61 bits per heavy atom. The van der Waals surface area contributed by atoms with Crippen LogP contribution in [0.1, 0.15) is 17.0 Å².